The van der Waals surface area contributed by atoms with Crippen LogP contribution in [0.15, 0.2) is 42.7 Å². The van der Waals surface area contributed by atoms with Crippen molar-refractivity contribution in [1.29, 1.82) is 0 Å². The third kappa shape index (κ3) is 3.83. The Morgan fingerprint density at radius 3 is 2.75 bits per heavy atom. The van der Waals surface area contributed by atoms with Gasteiger partial charge >= 0.3 is 0 Å². The van der Waals surface area contributed by atoms with Gasteiger partial charge in [0, 0.05) is 25.5 Å². The summed E-state index contributed by atoms with van der Waals surface area (Å²) in [7, 11) is 0. The summed E-state index contributed by atoms with van der Waals surface area (Å²) in [5, 5.41) is 3.24. The maximum Gasteiger partial charge on any atom is 0.225 e. The van der Waals surface area contributed by atoms with Gasteiger partial charge in [-0.3, -0.25) is 4.79 Å². The number of H-pyrrole nitrogens is 1. The predicted molar refractivity (Wildman–Crippen MR) is 109 cm³/mol. The van der Waals surface area contributed by atoms with Gasteiger partial charge in [-0.05, 0) is 37.0 Å². The van der Waals surface area contributed by atoms with E-state index in [1.54, 1.807) is 18.5 Å². The molecule has 0 bridgehead atoms. The third-order valence-electron chi connectivity index (χ3n) is 5.29. The van der Waals surface area contributed by atoms with Crippen LogP contribution in [0.25, 0.3) is 11.0 Å². The zero-order chi connectivity index (χ0) is 19.5. The molecule has 1 saturated heterocycles. The van der Waals surface area contributed by atoms with Crippen LogP contribution < -0.4 is 10.2 Å². The molecule has 0 saturated carbocycles. The Bertz CT molecular complexity index is 905. The van der Waals surface area contributed by atoms with Gasteiger partial charge < -0.3 is 15.2 Å². The largest absolute Gasteiger partial charge is 0.346 e. The Balaban J connectivity index is 1.48. The fourth-order valence-corrected chi connectivity index (χ4v) is 3.77. The normalized spacial score (nSPS) is 18.4. The van der Waals surface area contributed by atoms with Crippen LogP contribution in [-0.4, -0.2) is 38.9 Å². The van der Waals surface area contributed by atoms with Crippen LogP contribution in [0.2, 0.25) is 0 Å². The first kappa shape index (κ1) is 18.4. The number of aromatic nitrogens is 4. The fourth-order valence-electron chi connectivity index (χ4n) is 3.77. The molecule has 3 aromatic rings. The van der Waals surface area contributed by atoms with Crippen LogP contribution in [0, 0.1) is 11.8 Å². The summed E-state index contributed by atoms with van der Waals surface area (Å²) in [6.07, 6.45) is 5.30. The smallest absolute Gasteiger partial charge is 0.225 e. The summed E-state index contributed by atoms with van der Waals surface area (Å²) >= 11 is 0. The lowest BCUT2D eigenvalue weighted by atomic mass is 9.95. The van der Waals surface area contributed by atoms with Crippen molar-refractivity contribution in [3.05, 3.63) is 48.5 Å². The highest BCUT2D eigenvalue weighted by atomic mass is 16.2. The van der Waals surface area contributed by atoms with Crippen molar-refractivity contribution in [2.75, 3.05) is 18.0 Å². The number of aromatic amines is 1. The van der Waals surface area contributed by atoms with E-state index >= 15 is 0 Å². The second kappa shape index (κ2) is 7.96. The lowest BCUT2D eigenvalue weighted by Crippen LogP contribution is -2.45. The van der Waals surface area contributed by atoms with Gasteiger partial charge in [-0.15, -0.1) is 0 Å². The summed E-state index contributed by atoms with van der Waals surface area (Å²) in [4.78, 5) is 31.9. The first-order valence-electron chi connectivity index (χ1n) is 9.89. The molecular weight excluding hydrogens is 352 g/mol. The van der Waals surface area contributed by atoms with Gasteiger partial charge in [0.1, 0.15) is 5.82 Å². The molecule has 1 fully saturated rings. The summed E-state index contributed by atoms with van der Waals surface area (Å²) in [6.45, 7) is 5.72. The van der Waals surface area contributed by atoms with E-state index in [4.69, 9.17) is 4.98 Å². The number of hydrogen-bond donors (Lipinski definition) is 2. The van der Waals surface area contributed by atoms with E-state index in [2.05, 4.69) is 39.0 Å². The molecule has 146 valence electrons. The van der Waals surface area contributed by atoms with E-state index in [-0.39, 0.29) is 23.8 Å². The highest BCUT2D eigenvalue weighted by molar-refractivity contribution is 5.80. The fraction of sp³-hybridized carbons (Fsp3) is 0.429. The maximum atomic E-state index is 13.1. The summed E-state index contributed by atoms with van der Waals surface area (Å²) < 4.78 is 0. The topological polar surface area (TPSA) is 86.8 Å². The molecule has 7 nitrogen and oxygen atoms in total. The van der Waals surface area contributed by atoms with Gasteiger partial charge in [0.05, 0.1) is 23.0 Å². The van der Waals surface area contributed by atoms with Crippen LogP contribution in [-0.2, 0) is 4.79 Å². The molecule has 4 rings (SSSR count). The zero-order valence-electron chi connectivity index (χ0n) is 16.3. The number of piperidine rings is 1. The minimum Gasteiger partial charge on any atom is -0.346 e. The van der Waals surface area contributed by atoms with E-state index < -0.39 is 0 Å². The predicted octanol–water partition coefficient (Wildman–Crippen LogP) is 3.08. The Morgan fingerprint density at radius 1 is 1.21 bits per heavy atom. The molecule has 3 heterocycles. The van der Waals surface area contributed by atoms with Gasteiger partial charge in [-0.25, -0.2) is 15.0 Å². The molecule has 0 aliphatic carbocycles. The molecule has 1 aliphatic rings. The molecule has 28 heavy (non-hydrogen) atoms. The Morgan fingerprint density at radius 2 is 2.00 bits per heavy atom. The van der Waals surface area contributed by atoms with Crippen molar-refractivity contribution >= 4 is 22.9 Å². The first-order chi connectivity index (χ1) is 13.6. The molecule has 0 radical (unpaired) electrons. The van der Waals surface area contributed by atoms with Crippen molar-refractivity contribution in [2.45, 2.75) is 32.7 Å². The molecule has 1 aliphatic heterocycles. The SMILES string of the molecule is CC(C)[C@H](NC(=O)[C@H]1CCCN(c2ncccn2)C1)c1nc2ccccc2[nH]1. The standard InChI is InChI=1S/C21H26N6O/c1-14(2)18(19-24-16-8-3-4-9-17(16)25-19)26-20(28)15-7-5-12-27(13-15)21-22-10-6-11-23-21/h3-4,6,8-11,14-15,18H,5,7,12-13H2,1-2H3,(H,24,25)(H,26,28)/t15-,18-/m0/s1. The molecule has 2 aromatic heterocycles. The molecule has 0 unspecified atom stereocenters. The van der Waals surface area contributed by atoms with Crippen molar-refractivity contribution in [3.8, 4) is 0 Å². The molecule has 0 spiro atoms. The van der Waals surface area contributed by atoms with Crippen molar-refractivity contribution in [3.63, 3.8) is 0 Å². The zero-order valence-corrected chi connectivity index (χ0v) is 16.3. The van der Waals surface area contributed by atoms with Crippen molar-refractivity contribution in [2.24, 2.45) is 11.8 Å². The van der Waals surface area contributed by atoms with Crippen molar-refractivity contribution < 1.29 is 4.79 Å². The number of carbonyl (C=O) groups excluding carboxylic acids is 1. The van der Waals surface area contributed by atoms with Crippen LogP contribution in [0.5, 0.6) is 0 Å². The number of anilines is 1. The molecule has 7 heteroatoms. The first-order valence-corrected chi connectivity index (χ1v) is 9.89. The second-order valence-electron chi connectivity index (χ2n) is 7.70. The van der Waals surface area contributed by atoms with E-state index in [9.17, 15) is 4.79 Å². The molecule has 2 atom stereocenters. The summed E-state index contributed by atoms with van der Waals surface area (Å²) in [6, 6.07) is 9.59. The number of benzene rings is 1. The van der Waals surface area contributed by atoms with Crippen LogP contribution in [0.4, 0.5) is 5.95 Å². The average Bonchev–Trinajstić information content (AvgIpc) is 3.16. The molecular formula is C21H26N6O. The minimum absolute atomic E-state index is 0.0692. The molecule has 2 N–H and O–H groups in total. The number of imidazole rings is 1. The molecule has 1 amide bonds. The van der Waals surface area contributed by atoms with Gasteiger partial charge in [0.25, 0.3) is 0 Å². The summed E-state index contributed by atoms with van der Waals surface area (Å²) in [5.41, 5.74) is 1.91. The number of fused-ring (bicyclic) bond motifs is 1. The van der Waals surface area contributed by atoms with Gasteiger partial charge in [0.2, 0.25) is 11.9 Å². The van der Waals surface area contributed by atoms with Crippen molar-refractivity contribution in [1.82, 2.24) is 25.3 Å². The number of para-hydroxylation sites is 2. The van der Waals surface area contributed by atoms with Crippen LogP contribution >= 0.6 is 0 Å². The van der Waals surface area contributed by atoms with Gasteiger partial charge in [-0.1, -0.05) is 26.0 Å². The number of nitrogens with zero attached hydrogens (tertiary/aromatic N) is 4. The quantitative estimate of drug-likeness (QED) is 0.712. The summed E-state index contributed by atoms with van der Waals surface area (Å²) in [5.74, 6) is 1.71. The van der Waals surface area contributed by atoms with E-state index in [1.807, 2.05) is 24.3 Å². The van der Waals surface area contributed by atoms with E-state index in [0.29, 0.717) is 12.5 Å². The third-order valence-corrected chi connectivity index (χ3v) is 5.29. The lowest BCUT2D eigenvalue weighted by molar-refractivity contribution is -0.126. The second-order valence-corrected chi connectivity index (χ2v) is 7.70. The average molecular weight is 378 g/mol. The van der Waals surface area contributed by atoms with Gasteiger partial charge in [-0.2, -0.15) is 0 Å². The highest BCUT2D eigenvalue weighted by Crippen LogP contribution is 2.25. The van der Waals surface area contributed by atoms with E-state index in [0.717, 1.165) is 36.2 Å². The van der Waals surface area contributed by atoms with Crippen LogP contribution in [0.3, 0.4) is 0 Å². The lowest BCUT2D eigenvalue weighted by Gasteiger charge is -2.33. The highest BCUT2D eigenvalue weighted by Gasteiger charge is 2.30. The number of nitrogens with one attached hydrogen (secondary N) is 2. The van der Waals surface area contributed by atoms with Crippen LogP contribution in [0.1, 0.15) is 38.6 Å². The Kier molecular flexibility index (Phi) is 5.23. The molecule has 1 aromatic carbocycles. The van der Waals surface area contributed by atoms with E-state index in [1.165, 1.54) is 0 Å². The number of hydrogen-bond acceptors (Lipinski definition) is 5. The Labute approximate surface area is 164 Å². The minimum atomic E-state index is -0.150. The number of carbonyl (C=O) groups is 1. The number of rotatable bonds is 5. The van der Waals surface area contributed by atoms with Gasteiger partial charge in [0.15, 0.2) is 0 Å². The Hall–Kier alpha value is -2.96. The number of amides is 1. The maximum absolute atomic E-state index is 13.1. The monoisotopic (exact) mass is 378 g/mol.